The van der Waals surface area contributed by atoms with Crippen LogP contribution in [-0.2, 0) is 29.5 Å². The van der Waals surface area contributed by atoms with Crippen LogP contribution in [0.2, 0.25) is 0 Å². The maximum absolute atomic E-state index is 12.9. The molecular formula is C22H24N2O10S3. The molecule has 2 aromatic carbocycles. The minimum absolute atomic E-state index is 0.00229. The Labute approximate surface area is 214 Å². The third-order valence-electron chi connectivity index (χ3n) is 5.80. The smallest absolute Gasteiger partial charge is 0.410 e. The van der Waals surface area contributed by atoms with Crippen molar-refractivity contribution in [3.05, 3.63) is 48.5 Å². The van der Waals surface area contributed by atoms with Crippen molar-refractivity contribution in [2.75, 3.05) is 23.0 Å². The van der Waals surface area contributed by atoms with E-state index in [1.165, 1.54) is 48.5 Å². The molecule has 0 saturated carbocycles. The summed E-state index contributed by atoms with van der Waals surface area (Å²) >= 11 is 0. The normalized spacial score (nSPS) is 22.2. The van der Waals surface area contributed by atoms with Gasteiger partial charge in [-0.1, -0.05) is 0 Å². The number of amides is 2. The third-order valence-corrected chi connectivity index (χ3v) is 11.1. The number of ether oxygens (including phenoxy) is 2. The Kier molecular flexibility index (Phi) is 7.48. The first-order chi connectivity index (χ1) is 17.3. The van der Waals surface area contributed by atoms with Crippen molar-refractivity contribution in [2.24, 2.45) is 0 Å². The summed E-state index contributed by atoms with van der Waals surface area (Å²) < 4.78 is 82.0. The van der Waals surface area contributed by atoms with Gasteiger partial charge in [-0.25, -0.2) is 34.8 Å². The number of nitrogens with one attached hydrogen (secondary N) is 2. The van der Waals surface area contributed by atoms with Crippen molar-refractivity contribution in [2.45, 2.75) is 34.7 Å². The van der Waals surface area contributed by atoms with E-state index in [9.17, 15) is 34.8 Å². The molecule has 0 aromatic heterocycles. The lowest BCUT2D eigenvalue weighted by molar-refractivity contribution is 0.196. The van der Waals surface area contributed by atoms with Crippen LogP contribution in [0.15, 0.2) is 58.3 Å². The largest absolute Gasteiger partial charge is 0.412 e. The van der Waals surface area contributed by atoms with Gasteiger partial charge in [0.05, 0.1) is 32.8 Å². The number of hydrogen-bond acceptors (Lipinski definition) is 10. The fourth-order valence-electron chi connectivity index (χ4n) is 3.93. The quantitative estimate of drug-likeness (QED) is 0.508. The average Bonchev–Trinajstić information content (AvgIpc) is 3.33. The van der Waals surface area contributed by atoms with Gasteiger partial charge in [-0.15, -0.1) is 0 Å². The third kappa shape index (κ3) is 6.99. The first kappa shape index (κ1) is 26.9. The van der Waals surface area contributed by atoms with E-state index in [-0.39, 0.29) is 44.3 Å². The first-order valence-electron chi connectivity index (χ1n) is 11.1. The van der Waals surface area contributed by atoms with Gasteiger partial charge in [0, 0.05) is 12.1 Å². The summed E-state index contributed by atoms with van der Waals surface area (Å²) in [4.78, 5) is 23.9. The Morgan fingerprint density at radius 1 is 0.676 bits per heavy atom. The van der Waals surface area contributed by atoms with Crippen molar-refractivity contribution in [1.29, 1.82) is 0 Å². The molecule has 2 heterocycles. The van der Waals surface area contributed by atoms with E-state index in [0.29, 0.717) is 12.8 Å². The van der Waals surface area contributed by atoms with E-state index in [4.69, 9.17) is 9.47 Å². The van der Waals surface area contributed by atoms with Gasteiger partial charge in [-0.3, -0.25) is 0 Å². The Morgan fingerprint density at radius 2 is 1.03 bits per heavy atom. The summed E-state index contributed by atoms with van der Waals surface area (Å²) in [7, 11) is -10.3. The molecule has 0 bridgehead atoms. The fourth-order valence-corrected chi connectivity index (χ4v) is 8.54. The molecule has 0 spiro atoms. The first-order valence-corrected chi connectivity index (χ1v) is 16.3. The second-order valence-electron chi connectivity index (χ2n) is 8.71. The number of benzene rings is 2. The van der Waals surface area contributed by atoms with Gasteiger partial charge in [-0.2, -0.15) is 0 Å². The lowest BCUT2D eigenvalue weighted by atomic mass is 10.3. The zero-order valence-corrected chi connectivity index (χ0v) is 21.8. The van der Waals surface area contributed by atoms with Gasteiger partial charge in [-0.05, 0) is 61.4 Å². The van der Waals surface area contributed by atoms with Crippen LogP contribution in [0.1, 0.15) is 12.8 Å². The van der Waals surface area contributed by atoms with Crippen LogP contribution in [0, 0.1) is 0 Å². The average molecular weight is 573 g/mol. The van der Waals surface area contributed by atoms with E-state index >= 15 is 0 Å². The SMILES string of the molecule is O=C(N[C@@H]1CCS(=O)(=O)C1)Oc1ccc(S(=O)(=O)c2ccc(OC(=O)N[C@H]3CCS(=O)(=O)C3)cc2)cc1. The molecule has 2 N–H and O–H groups in total. The Balaban J connectivity index is 1.33. The molecule has 2 aliphatic heterocycles. The lowest BCUT2D eigenvalue weighted by Gasteiger charge is -2.12. The number of carbonyl (C=O) groups is 2. The molecule has 2 aromatic rings. The fraction of sp³-hybridized carbons (Fsp3) is 0.364. The maximum Gasteiger partial charge on any atom is 0.412 e. The number of carbonyl (C=O) groups excluding carboxylic acids is 2. The van der Waals surface area contributed by atoms with Crippen LogP contribution in [0.5, 0.6) is 11.5 Å². The van der Waals surface area contributed by atoms with E-state index < -0.39 is 53.8 Å². The van der Waals surface area contributed by atoms with Crippen molar-refractivity contribution >= 4 is 41.7 Å². The summed E-state index contributed by atoms with van der Waals surface area (Å²) in [5.41, 5.74) is 0. The zero-order chi connectivity index (χ0) is 26.8. The molecule has 200 valence electrons. The highest BCUT2D eigenvalue weighted by Gasteiger charge is 2.30. The summed E-state index contributed by atoms with van der Waals surface area (Å²) in [6.07, 6.45) is -1.08. The molecule has 2 amide bonds. The lowest BCUT2D eigenvalue weighted by Crippen LogP contribution is -2.37. The molecule has 12 nitrogen and oxygen atoms in total. The van der Waals surface area contributed by atoms with Gasteiger partial charge < -0.3 is 20.1 Å². The molecule has 4 rings (SSSR count). The predicted octanol–water partition coefficient (Wildman–Crippen LogP) is 1.07. The topological polar surface area (TPSA) is 179 Å². The van der Waals surface area contributed by atoms with Crippen LogP contribution in [-0.4, -0.2) is 72.5 Å². The second kappa shape index (κ2) is 10.3. The number of hydrogen-bond donors (Lipinski definition) is 2. The van der Waals surface area contributed by atoms with E-state index in [2.05, 4.69) is 10.6 Å². The molecule has 2 saturated heterocycles. The highest BCUT2D eigenvalue weighted by atomic mass is 32.2. The molecule has 2 fully saturated rings. The Morgan fingerprint density at radius 3 is 1.32 bits per heavy atom. The van der Waals surface area contributed by atoms with Gasteiger partial charge in [0.1, 0.15) is 11.5 Å². The van der Waals surface area contributed by atoms with Gasteiger partial charge in [0.2, 0.25) is 9.84 Å². The Hall–Kier alpha value is -3.17. The standard InChI is InChI=1S/C22H24N2O10S3/c25-21(23-15-9-11-35(27,28)13-15)33-17-1-5-19(6-2-17)37(31,32)20-7-3-18(4-8-20)34-22(26)24-16-10-12-36(29,30)14-16/h1-8,15-16H,9-14H2,(H,23,25)(H,24,26)/t15-,16+. The molecule has 37 heavy (non-hydrogen) atoms. The molecule has 15 heteroatoms. The number of rotatable bonds is 6. The van der Waals surface area contributed by atoms with Crippen LogP contribution in [0.4, 0.5) is 9.59 Å². The van der Waals surface area contributed by atoms with Crippen molar-refractivity contribution in [3.63, 3.8) is 0 Å². The Bertz CT molecular complexity index is 1390. The molecule has 0 radical (unpaired) electrons. The van der Waals surface area contributed by atoms with Crippen LogP contribution < -0.4 is 20.1 Å². The number of sulfone groups is 3. The molecule has 2 atom stereocenters. The van der Waals surface area contributed by atoms with Gasteiger partial charge in [0.25, 0.3) is 0 Å². The van der Waals surface area contributed by atoms with Crippen molar-refractivity contribution < 1.29 is 44.3 Å². The van der Waals surface area contributed by atoms with Crippen molar-refractivity contribution in [3.8, 4) is 11.5 Å². The highest BCUT2D eigenvalue weighted by molar-refractivity contribution is 7.92. The molecule has 2 aliphatic rings. The summed E-state index contributed by atoms with van der Waals surface area (Å²) in [6.45, 7) is 0. The summed E-state index contributed by atoms with van der Waals surface area (Å²) in [5, 5.41) is 4.94. The van der Waals surface area contributed by atoms with Gasteiger partial charge >= 0.3 is 12.2 Å². The summed E-state index contributed by atoms with van der Waals surface area (Å²) in [6, 6.07) is 9.13. The zero-order valence-electron chi connectivity index (χ0n) is 19.3. The van der Waals surface area contributed by atoms with Crippen LogP contribution in [0.25, 0.3) is 0 Å². The van der Waals surface area contributed by atoms with Crippen LogP contribution in [0.3, 0.4) is 0 Å². The van der Waals surface area contributed by atoms with E-state index in [0.717, 1.165) is 0 Å². The predicted molar refractivity (Wildman–Crippen MR) is 131 cm³/mol. The minimum Gasteiger partial charge on any atom is -0.410 e. The maximum atomic E-state index is 12.9. The van der Waals surface area contributed by atoms with Gasteiger partial charge in [0.15, 0.2) is 19.7 Å². The molecule has 0 unspecified atom stereocenters. The molecule has 0 aliphatic carbocycles. The minimum atomic E-state index is -3.94. The second-order valence-corrected chi connectivity index (χ2v) is 15.1. The summed E-state index contributed by atoms with van der Waals surface area (Å²) in [5.74, 6) is -0.170. The van der Waals surface area contributed by atoms with Crippen molar-refractivity contribution in [1.82, 2.24) is 10.6 Å². The van der Waals surface area contributed by atoms with E-state index in [1.807, 2.05) is 0 Å². The highest BCUT2D eigenvalue weighted by Crippen LogP contribution is 2.25. The molecular weight excluding hydrogens is 548 g/mol. The monoisotopic (exact) mass is 572 g/mol. The van der Waals surface area contributed by atoms with E-state index in [1.54, 1.807) is 0 Å². The van der Waals surface area contributed by atoms with Crippen LogP contribution >= 0.6 is 0 Å².